The number of nitrogens with one attached hydrogen (secondary N) is 2. The summed E-state index contributed by atoms with van der Waals surface area (Å²) < 4.78 is 11.0. The normalized spacial score (nSPS) is 24.4. The molecule has 2 fully saturated rings. The Bertz CT molecular complexity index is 827. The molecule has 0 aromatic heterocycles. The summed E-state index contributed by atoms with van der Waals surface area (Å²) >= 11 is 0. The van der Waals surface area contributed by atoms with Crippen molar-refractivity contribution in [3.05, 3.63) is 59.7 Å². The maximum absolute atomic E-state index is 13.3. The summed E-state index contributed by atoms with van der Waals surface area (Å²) in [6.45, 7) is 0.762. The number of ether oxygens (including phenoxy) is 2. The van der Waals surface area contributed by atoms with E-state index in [0.29, 0.717) is 0 Å². The molecule has 0 saturated carbocycles. The van der Waals surface area contributed by atoms with Crippen LogP contribution in [0.1, 0.15) is 42.5 Å². The zero-order chi connectivity index (χ0) is 19.5. The highest BCUT2D eigenvalue weighted by atomic mass is 16.5. The smallest absolute Gasteiger partial charge is 0.241 e. The monoisotopic (exact) mass is 381 g/mol. The van der Waals surface area contributed by atoms with E-state index in [0.717, 1.165) is 42.9 Å². The average Bonchev–Trinajstić information content (AvgIpc) is 3.43. The highest BCUT2D eigenvalue weighted by Crippen LogP contribution is 2.39. The van der Waals surface area contributed by atoms with Crippen LogP contribution in [0.25, 0.3) is 0 Å². The summed E-state index contributed by atoms with van der Waals surface area (Å²) in [5, 5.41) is 0. The van der Waals surface area contributed by atoms with Crippen LogP contribution in [0.4, 0.5) is 0 Å². The molecular formula is C22H27N3O3. The molecule has 4 rings (SSSR count). The summed E-state index contributed by atoms with van der Waals surface area (Å²) in [6.07, 6.45) is 2.65. The Morgan fingerprint density at radius 1 is 1.07 bits per heavy atom. The molecule has 6 heteroatoms. The SMILES string of the molecule is COc1ccc(OC)c(C2CCCN2C(=O)C2CC(c3ccccc3)NN2)c1. The second-order valence-electron chi connectivity index (χ2n) is 7.34. The predicted octanol–water partition coefficient (Wildman–Crippen LogP) is 2.98. The topological polar surface area (TPSA) is 62.8 Å². The fraction of sp³-hybridized carbons (Fsp3) is 0.409. The van der Waals surface area contributed by atoms with E-state index < -0.39 is 0 Å². The number of hydrogen-bond acceptors (Lipinski definition) is 5. The van der Waals surface area contributed by atoms with Gasteiger partial charge in [0.2, 0.25) is 5.91 Å². The Morgan fingerprint density at radius 2 is 1.89 bits per heavy atom. The van der Waals surface area contributed by atoms with Crippen molar-refractivity contribution in [3.8, 4) is 11.5 Å². The lowest BCUT2D eigenvalue weighted by molar-refractivity contribution is -0.134. The Kier molecular flexibility index (Phi) is 5.50. The number of rotatable bonds is 5. The Labute approximate surface area is 165 Å². The largest absolute Gasteiger partial charge is 0.497 e. The molecule has 3 atom stereocenters. The van der Waals surface area contributed by atoms with Crippen LogP contribution in [0.15, 0.2) is 48.5 Å². The molecule has 0 bridgehead atoms. The Balaban J connectivity index is 1.52. The molecule has 148 valence electrons. The first-order valence-electron chi connectivity index (χ1n) is 9.79. The molecule has 2 aromatic carbocycles. The molecule has 2 aliphatic heterocycles. The lowest BCUT2D eigenvalue weighted by atomic mass is 10.00. The van der Waals surface area contributed by atoms with Gasteiger partial charge in [0.1, 0.15) is 17.5 Å². The maximum Gasteiger partial charge on any atom is 0.241 e. The third kappa shape index (κ3) is 3.57. The van der Waals surface area contributed by atoms with Gasteiger partial charge < -0.3 is 14.4 Å². The van der Waals surface area contributed by atoms with Crippen molar-refractivity contribution in [2.75, 3.05) is 20.8 Å². The highest BCUT2D eigenvalue weighted by Gasteiger charge is 2.38. The number of methoxy groups -OCH3 is 2. The van der Waals surface area contributed by atoms with Gasteiger partial charge in [0.25, 0.3) is 0 Å². The minimum absolute atomic E-state index is 0.00938. The van der Waals surface area contributed by atoms with E-state index in [9.17, 15) is 4.79 Å². The van der Waals surface area contributed by atoms with Crippen molar-refractivity contribution in [1.29, 1.82) is 0 Å². The molecule has 2 aromatic rings. The van der Waals surface area contributed by atoms with Gasteiger partial charge in [-0.2, -0.15) is 0 Å². The van der Waals surface area contributed by atoms with Gasteiger partial charge in [0.15, 0.2) is 0 Å². The van der Waals surface area contributed by atoms with Crippen LogP contribution in [-0.2, 0) is 4.79 Å². The first kappa shape index (κ1) is 18.8. The third-order valence-corrected chi connectivity index (χ3v) is 5.73. The number of hydrazine groups is 1. The molecular weight excluding hydrogens is 354 g/mol. The number of carbonyl (C=O) groups excluding carboxylic acids is 1. The minimum Gasteiger partial charge on any atom is -0.497 e. The lowest BCUT2D eigenvalue weighted by Crippen LogP contribution is -2.45. The van der Waals surface area contributed by atoms with Gasteiger partial charge in [-0.05, 0) is 43.0 Å². The van der Waals surface area contributed by atoms with Crippen molar-refractivity contribution in [1.82, 2.24) is 15.8 Å². The van der Waals surface area contributed by atoms with Gasteiger partial charge in [-0.25, -0.2) is 10.9 Å². The molecule has 6 nitrogen and oxygen atoms in total. The number of hydrogen-bond donors (Lipinski definition) is 2. The number of amides is 1. The van der Waals surface area contributed by atoms with Crippen LogP contribution < -0.4 is 20.3 Å². The summed E-state index contributed by atoms with van der Waals surface area (Å²) in [7, 11) is 3.32. The van der Waals surface area contributed by atoms with Gasteiger partial charge in [-0.3, -0.25) is 4.79 Å². The number of nitrogens with zero attached hydrogens (tertiary/aromatic N) is 1. The number of benzene rings is 2. The van der Waals surface area contributed by atoms with E-state index >= 15 is 0 Å². The second-order valence-corrected chi connectivity index (χ2v) is 7.34. The summed E-state index contributed by atoms with van der Waals surface area (Å²) in [5.41, 5.74) is 8.69. The van der Waals surface area contributed by atoms with Crippen LogP contribution in [0.5, 0.6) is 11.5 Å². The minimum atomic E-state index is -0.234. The summed E-state index contributed by atoms with van der Waals surface area (Å²) in [4.78, 5) is 15.3. The molecule has 2 N–H and O–H groups in total. The van der Waals surface area contributed by atoms with Gasteiger partial charge in [0.05, 0.1) is 20.3 Å². The van der Waals surface area contributed by atoms with Crippen LogP contribution in [0.3, 0.4) is 0 Å². The molecule has 0 radical (unpaired) electrons. The Hall–Kier alpha value is -2.57. The first-order valence-corrected chi connectivity index (χ1v) is 9.79. The van der Waals surface area contributed by atoms with Crippen LogP contribution in [-0.4, -0.2) is 37.6 Å². The molecule has 28 heavy (non-hydrogen) atoms. The second kappa shape index (κ2) is 8.20. The molecule has 0 spiro atoms. The van der Waals surface area contributed by atoms with Crippen LogP contribution >= 0.6 is 0 Å². The van der Waals surface area contributed by atoms with Gasteiger partial charge >= 0.3 is 0 Å². The number of likely N-dealkylation sites (tertiary alicyclic amines) is 1. The van der Waals surface area contributed by atoms with Gasteiger partial charge in [0, 0.05) is 18.2 Å². The van der Waals surface area contributed by atoms with Gasteiger partial charge in [-0.1, -0.05) is 30.3 Å². The third-order valence-electron chi connectivity index (χ3n) is 5.73. The quantitative estimate of drug-likeness (QED) is 0.834. The van der Waals surface area contributed by atoms with Gasteiger partial charge in [-0.15, -0.1) is 0 Å². The zero-order valence-corrected chi connectivity index (χ0v) is 16.4. The van der Waals surface area contributed by atoms with Crippen LogP contribution in [0.2, 0.25) is 0 Å². The van der Waals surface area contributed by atoms with Crippen molar-refractivity contribution in [2.24, 2.45) is 0 Å². The Morgan fingerprint density at radius 3 is 2.64 bits per heavy atom. The van der Waals surface area contributed by atoms with E-state index in [-0.39, 0.29) is 24.0 Å². The van der Waals surface area contributed by atoms with E-state index in [1.165, 1.54) is 5.56 Å². The molecule has 2 aliphatic rings. The highest BCUT2D eigenvalue weighted by molar-refractivity contribution is 5.83. The van der Waals surface area contributed by atoms with Crippen molar-refractivity contribution < 1.29 is 14.3 Å². The van der Waals surface area contributed by atoms with E-state index in [1.807, 2.05) is 41.3 Å². The molecule has 2 heterocycles. The zero-order valence-electron chi connectivity index (χ0n) is 16.4. The fourth-order valence-electron chi connectivity index (χ4n) is 4.28. The van der Waals surface area contributed by atoms with Crippen molar-refractivity contribution >= 4 is 5.91 Å². The molecule has 0 aliphatic carbocycles. The first-order chi connectivity index (χ1) is 13.7. The van der Waals surface area contributed by atoms with E-state index in [2.05, 4.69) is 23.0 Å². The average molecular weight is 381 g/mol. The molecule has 2 saturated heterocycles. The maximum atomic E-state index is 13.3. The summed E-state index contributed by atoms with van der Waals surface area (Å²) in [6, 6.07) is 15.9. The summed E-state index contributed by atoms with van der Waals surface area (Å²) in [5.74, 6) is 1.71. The number of carbonyl (C=O) groups is 1. The van der Waals surface area contributed by atoms with E-state index in [1.54, 1.807) is 14.2 Å². The lowest BCUT2D eigenvalue weighted by Gasteiger charge is -2.28. The van der Waals surface area contributed by atoms with Crippen molar-refractivity contribution in [3.63, 3.8) is 0 Å². The molecule has 3 unspecified atom stereocenters. The van der Waals surface area contributed by atoms with Crippen LogP contribution in [0, 0.1) is 0 Å². The standard InChI is InChI=1S/C22H27N3O3/c1-27-16-10-11-21(28-2)17(13-16)20-9-6-12-25(20)22(26)19-14-18(23-24-19)15-7-4-3-5-8-15/h3-5,7-8,10-11,13,18-20,23-24H,6,9,12,14H2,1-2H3. The predicted molar refractivity (Wildman–Crippen MR) is 107 cm³/mol. The van der Waals surface area contributed by atoms with Crippen molar-refractivity contribution in [2.45, 2.75) is 37.4 Å². The molecule has 1 amide bonds. The van der Waals surface area contributed by atoms with E-state index in [4.69, 9.17) is 9.47 Å². The fourth-order valence-corrected chi connectivity index (χ4v) is 4.28.